The second kappa shape index (κ2) is 8.08. The number of benzene rings is 2. The first-order valence-electron chi connectivity index (χ1n) is 9.93. The predicted octanol–water partition coefficient (Wildman–Crippen LogP) is 3.11. The monoisotopic (exact) mass is 427 g/mol. The maximum absolute atomic E-state index is 13.1. The third kappa shape index (κ3) is 3.78. The second-order valence-corrected chi connectivity index (χ2v) is 9.34. The van der Waals surface area contributed by atoms with E-state index in [1.165, 1.54) is 4.31 Å². The zero-order chi connectivity index (χ0) is 21.3. The van der Waals surface area contributed by atoms with Crippen molar-refractivity contribution in [2.75, 3.05) is 31.5 Å². The molecule has 9 heteroatoms. The summed E-state index contributed by atoms with van der Waals surface area (Å²) in [4.78, 5) is 14.8. The minimum absolute atomic E-state index is 0.221. The summed E-state index contributed by atoms with van der Waals surface area (Å²) in [5.74, 6) is 0. The molecule has 30 heavy (non-hydrogen) atoms. The molecule has 0 atom stereocenters. The summed E-state index contributed by atoms with van der Waals surface area (Å²) in [6.45, 7) is 4.81. The summed E-state index contributed by atoms with van der Waals surface area (Å²) >= 11 is 0. The van der Waals surface area contributed by atoms with Gasteiger partial charge in [-0.15, -0.1) is 0 Å². The number of amides is 2. The summed E-state index contributed by atoms with van der Waals surface area (Å²) in [5.41, 5.74) is 1.74. The van der Waals surface area contributed by atoms with Crippen molar-refractivity contribution in [1.82, 2.24) is 19.4 Å². The van der Waals surface area contributed by atoms with Gasteiger partial charge in [-0.3, -0.25) is 5.10 Å². The van der Waals surface area contributed by atoms with Crippen LogP contribution in [0.1, 0.15) is 17.8 Å². The Hall–Kier alpha value is -2.91. The van der Waals surface area contributed by atoms with E-state index in [4.69, 9.17) is 0 Å². The molecule has 2 heterocycles. The third-order valence-electron chi connectivity index (χ3n) is 5.43. The van der Waals surface area contributed by atoms with Gasteiger partial charge in [-0.05, 0) is 31.7 Å². The lowest BCUT2D eigenvalue weighted by atomic mass is 10.1. The summed E-state index contributed by atoms with van der Waals surface area (Å²) < 4.78 is 27.7. The first-order valence-corrected chi connectivity index (χ1v) is 11.4. The zero-order valence-corrected chi connectivity index (χ0v) is 17.9. The minimum atomic E-state index is -3.66. The number of carbonyl (C=O) groups is 1. The van der Waals surface area contributed by atoms with E-state index in [-0.39, 0.29) is 17.5 Å². The van der Waals surface area contributed by atoms with Crippen LogP contribution in [-0.2, 0) is 10.0 Å². The van der Waals surface area contributed by atoms with E-state index in [9.17, 15) is 13.2 Å². The van der Waals surface area contributed by atoms with Crippen molar-refractivity contribution in [1.29, 1.82) is 0 Å². The Morgan fingerprint density at radius 1 is 1.03 bits per heavy atom. The van der Waals surface area contributed by atoms with Crippen molar-refractivity contribution in [3.05, 3.63) is 53.9 Å². The third-order valence-corrected chi connectivity index (χ3v) is 7.59. The van der Waals surface area contributed by atoms with Gasteiger partial charge in [0.05, 0.1) is 17.1 Å². The van der Waals surface area contributed by atoms with E-state index in [1.807, 2.05) is 42.5 Å². The molecule has 158 valence electrons. The van der Waals surface area contributed by atoms with Crippen LogP contribution in [0.4, 0.5) is 10.5 Å². The van der Waals surface area contributed by atoms with E-state index in [0.29, 0.717) is 37.4 Å². The molecule has 2 N–H and O–H groups in total. The molecule has 1 aliphatic rings. The number of urea groups is 1. The molecule has 8 nitrogen and oxygen atoms in total. The number of H-pyrrole nitrogens is 1. The van der Waals surface area contributed by atoms with E-state index >= 15 is 0 Å². The number of aromatic nitrogens is 2. The van der Waals surface area contributed by atoms with Gasteiger partial charge >= 0.3 is 6.03 Å². The van der Waals surface area contributed by atoms with Crippen LogP contribution in [0.25, 0.3) is 10.8 Å². The Bertz CT molecular complexity index is 1160. The number of rotatable bonds is 3. The van der Waals surface area contributed by atoms with E-state index < -0.39 is 10.0 Å². The number of nitrogens with one attached hydrogen (secondary N) is 2. The van der Waals surface area contributed by atoms with E-state index in [0.717, 1.165) is 16.5 Å². The fraction of sp³-hybridized carbons (Fsp3) is 0.333. The van der Waals surface area contributed by atoms with Gasteiger partial charge in [0.25, 0.3) is 0 Å². The predicted molar refractivity (Wildman–Crippen MR) is 116 cm³/mol. The van der Waals surface area contributed by atoms with Crippen molar-refractivity contribution in [3.63, 3.8) is 0 Å². The summed E-state index contributed by atoms with van der Waals surface area (Å²) in [6.07, 6.45) is 0.568. The van der Waals surface area contributed by atoms with Gasteiger partial charge in [-0.1, -0.05) is 36.4 Å². The molecule has 0 spiro atoms. The maximum atomic E-state index is 13.1. The fourth-order valence-corrected chi connectivity index (χ4v) is 5.72. The zero-order valence-electron chi connectivity index (χ0n) is 17.1. The minimum Gasteiger partial charge on any atom is -0.323 e. The largest absolute Gasteiger partial charge is 0.323 e. The highest BCUT2D eigenvalue weighted by molar-refractivity contribution is 7.89. The molecule has 2 aromatic carbocycles. The smallest absolute Gasteiger partial charge is 0.321 e. The van der Waals surface area contributed by atoms with Crippen LogP contribution in [0.3, 0.4) is 0 Å². The summed E-state index contributed by atoms with van der Waals surface area (Å²) in [6, 6.07) is 13.4. The Balaban J connectivity index is 1.48. The van der Waals surface area contributed by atoms with E-state index in [1.54, 1.807) is 18.7 Å². The molecule has 1 fully saturated rings. The SMILES string of the molecule is Cc1n[nH]c(C)c1S(=O)(=O)N1CCCN(C(=O)Nc2cccc3ccccc23)CC1. The topological polar surface area (TPSA) is 98.4 Å². The van der Waals surface area contributed by atoms with Crippen LogP contribution in [-0.4, -0.2) is 60.0 Å². The lowest BCUT2D eigenvalue weighted by molar-refractivity contribution is 0.214. The number of aryl methyl sites for hydroxylation is 2. The molecule has 0 saturated carbocycles. The molecule has 0 bridgehead atoms. The molecule has 2 amide bonds. The number of hydrogen-bond donors (Lipinski definition) is 2. The van der Waals surface area contributed by atoms with Gasteiger partial charge in [0, 0.05) is 31.6 Å². The Labute approximate surface area is 175 Å². The Morgan fingerprint density at radius 3 is 2.57 bits per heavy atom. The van der Waals surface area contributed by atoms with Crippen molar-refractivity contribution in [2.45, 2.75) is 25.2 Å². The van der Waals surface area contributed by atoms with Gasteiger partial charge in [-0.25, -0.2) is 13.2 Å². The van der Waals surface area contributed by atoms with Crippen LogP contribution < -0.4 is 5.32 Å². The summed E-state index contributed by atoms with van der Waals surface area (Å²) in [7, 11) is -3.66. The van der Waals surface area contributed by atoms with Crippen molar-refractivity contribution < 1.29 is 13.2 Å². The molecule has 1 aromatic heterocycles. The molecule has 0 radical (unpaired) electrons. The fourth-order valence-electron chi connectivity index (χ4n) is 3.92. The van der Waals surface area contributed by atoms with Gasteiger partial charge in [0.1, 0.15) is 4.90 Å². The van der Waals surface area contributed by atoms with Gasteiger partial charge in [0.15, 0.2) is 0 Å². The molecule has 0 aliphatic carbocycles. The standard InChI is InChI=1S/C21H25N5O3S/c1-15-20(16(2)24-23-15)30(28,29)26-12-6-11-25(13-14-26)21(27)22-19-10-5-8-17-7-3-4-9-18(17)19/h3-5,7-10H,6,11-14H2,1-2H3,(H,22,27)(H,23,24). The quantitative estimate of drug-likeness (QED) is 0.671. The number of nitrogens with zero attached hydrogens (tertiary/aromatic N) is 3. The van der Waals surface area contributed by atoms with Crippen LogP contribution in [0, 0.1) is 13.8 Å². The molecular weight excluding hydrogens is 402 g/mol. The van der Waals surface area contributed by atoms with Gasteiger partial charge < -0.3 is 10.2 Å². The van der Waals surface area contributed by atoms with E-state index in [2.05, 4.69) is 15.5 Å². The lowest BCUT2D eigenvalue weighted by Crippen LogP contribution is -2.39. The van der Waals surface area contributed by atoms with Crippen molar-refractivity contribution >= 4 is 32.5 Å². The first-order chi connectivity index (χ1) is 14.4. The highest BCUT2D eigenvalue weighted by atomic mass is 32.2. The molecule has 1 aliphatic heterocycles. The Kier molecular flexibility index (Phi) is 5.48. The molecule has 3 aromatic rings. The first kappa shape index (κ1) is 20.4. The molecule has 0 unspecified atom stereocenters. The average Bonchev–Trinajstić information content (AvgIpc) is 2.93. The molecule has 4 rings (SSSR count). The van der Waals surface area contributed by atoms with Gasteiger partial charge in [0.2, 0.25) is 10.0 Å². The highest BCUT2D eigenvalue weighted by Crippen LogP contribution is 2.25. The number of fused-ring (bicyclic) bond motifs is 1. The lowest BCUT2D eigenvalue weighted by Gasteiger charge is -2.22. The highest BCUT2D eigenvalue weighted by Gasteiger charge is 2.31. The van der Waals surface area contributed by atoms with Crippen LogP contribution in [0.5, 0.6) is 0 Å². The second-order valence-electron chi connectivity index (χ2n) is 7.46. The van der Waals surface area contributed by atoms with Crippen molar-refractivity contribution in [2.24, 2.45) is 0 Å². The van der Waals surface area contributed by atoms with Crippen LogP contribution in [0.15, 0.2) is 47.4 Å². The number of sulfonamides is 1. The van der Waals surface area contributed by atoms with Crippen LogP contribution in [0.2, 0.25) is 0 Å². The van der Waals surface area contributed by atoms with Crippen molar-refractivity contribution in [3.8, 4) is 0 Å². The normalized spacial score (nSPS) is 15.9. The number of carbonyl (C=O) groups excluding carboxylic acids is 1. The maximum Gasteiger partial charge on any atom is 0.321 e. The number of hydrogen-bond acceptors (Lipinski definition) is 4. The Morgan fingerprint density at radius 2 is 1.80 bits per heavy atom. The van der Waals surface area contributed by atoms with Gasteiger partial charge in [-0.2, -0.15) is 9.40 Å². The van der Waals surface area contributed by atoms with Crippen LogP contribution >= 0.6 is 0 Å². The molecular formula is C21H25N5O3S. The molecule has 1 saturated heterocycles. The average molecular weight is 428 g/mol. The number of aromatic amines is 1. The number of anilines is 1. The summed E-state index contributed by atoms with van der Waals surface area (Å²) in [5, 5.41) is 11.8.